The van der Waals surface area contributed by atoms with Crippen LogP contribution in [-0.4, -0.2) is 43.9 Å². The maximum absolute atomic E-state index is 11.0. The Labute approximate surface area is 102 Å². The molecular formula is C14H18N2O. The molecule has 3 heteroatoms. The lowest BCUT2D eigenvalue weighted by Crippen LogP contribution is -2.46. The first-order chi connectivity index (χ1) is 8.35. The van der Waals surface area contributed by atoms with Crippen LogP contribution < -0.4 is 4.90 Å². The summed E-state index contributed by atoms with van der Waals surface area (Å²) in [6.45, 7) is 8.70. The van der Waals surface area contributed by atoms with Crippen molar-refractivity contribution in [3.8, 4) is 0 Å². The second kappa shape index (κ2) is 5.64. The zero-order chi connectivity index (χ0) is 12.1. The van der Waals surface area contributed by atoms with Crippen molar-refractivity contribution >= 4 is 12.0 Å². The molecule has 1 heterocycles. The molecule has 0 aliphatic carbocycles. The van der Waals surface area contributed by atoms with Gasteiger partial charge in [-0.1, -0.05) is 18.2 Å². The summed E-state index contributed by atoms with van der Waals surface area (Å²) in [5.41, 5.74) is 1.84. The van der Waals surface area contributed by atoms with Crippen molar-refractivity contribution in [2.24, 2.45) is 0 Å². The third kappa shape index (κ3) is 2.74. The van der Waals surface area contributed by atoms with E-state index in [4.69, 9.17) is 0 Å². The highest BCUT2D eigenvalue weighted by Crippen LogP contribution is 2.20. The molecule has 1 fully saturated rings. The molecule has 0 aromatic heterocycles. The lowest BCUT2D eigenvalue weighted by atomic mass is 10.1. The fraction of sp³-hybridized carbons (Fsp3) is 0.357. The number of benzene rings is 1. The van der Waals surface area contributed by atoms with Crippen LogP contribution in [0.25, 0.3) is 0 Å². The third-order valence-corrected chi connectivity index (χ3v) is 3.16. The van der Waals surface area contributed by atoms with E-state index in [-0.39, 0.29) is 0 Å². The molecule has 1 aromatic carbocycles. The highest BCUT2D eigenvalue weighted by molar-refractivity contribution is 5.84. The number of hydrogen-bond acceptors (Lipinski definition) is 3. The SMILES string of the molecule is C=CCN1CCN(c2ccccc2C=O)CC1. The number of hydrogen-bond donors (Lipinski definition) is 0. The second-order valence-electron chi connectivity index (χ2n) is 4.25. The van der Waals surface area contributed by atoms with Gasteiger partial charge in [0.15, 0.2) is 6.29 Å². The van der Waals surface area contributed by atoms with Crippen LogP contribution in [0.1, 0.15) is 10.4 Å². The van der Waals surface area contributed by atoms with Gasteiger partial charge in [-0.15, -0.1) is 6.58 Å². The summed E-state index contributed by atoms with van der Waals surface area (Å²) in [6, 6.07) is 7.78. The summed E-state index contributed by atoms with van der Waals surface area (Å²) in [4.78, 5) is 15.6. The van der Waals surface area contributed by atoms with Gasteiger partial charge < -0.3 is 4.90 Å². The molecule has 0 spiro atoms. The van der Waals surface area contributed by atoms with Crippen molar-refractivity contribution in [2.75, 3.05) is 37.6 Å². The van der Waals surface area contributed by atoms with Crippen molar-refractivity contribution in [3.63, 3.8) is 0 Å². The predicted molar refractivity (Wildman–Crippen MR) is 70.7 cm³/mol. The highest BCUT2D eigenvalue weighted by atomic mass is 16.1. The van der Waals surface area contributed by atoms with Gasteiger partial charge in [-0.25, -0.2) is 0 Å². The molecule has 3 nitrogen and oxygen atoms in total. The van der Waals surface area contributed by atoms with Crippen LogP contribution >= 0.6 is 0 Å². The van der Waals surface area contributed by atoms with E-state index in [0.29, 0.717) is 0 Å². The molecule has 0 bridgehead atoms. The number of rotatable bonds is 4. The molecule has 0 N–H and O–H groups in total. The first-order valence-electron chi connectivity index (χ1n) is 5.97. The number of aldehydes is 1. The van der Waals surface area contributed by atoms with Crippen LogP contribution in [0.2, 0.25) is 0 Å². The number of carbonyl (C=O) groups excluding carboxylic acids is 1. The molecule has 0 atom stereocenters. The average molecular weight is 230 g/mol. The molecule has 0 saturated carbocycles. The Morgan fingerprint density at radius 1 is 1.18 bits per heavy atom. The summed E-state index contributed by atoms with van der Waals surface area (Å²) in [5, 5.41) is 0. The number of piperazine rings is 1. The highest BCUT2D eigenvalue weighted by Gasteiger charge is 2.17. The maximum Gasteiger partial charge on any atom is 0.152 e. The minimum absolute atomic E-state index is 0.782. The van der Waals surface area contributed by atoms with Crippen molar-refractivity contribution in [2.45, 2.75) is 0 Å². The fourth-order valence-electron chi connectivity index (χ4n) is 2.23. The number of nitrogens with zero attached hydrogens (tertiary/aromatic N) is 2. The van der Waals surface area contributed by atoms with Crippen molar-refractivity contribution < 1.29 is 4.79 Å². The lowest BCUT2D eigenvalue weighted by Gasteiger charge is -2.36. The number of para-hydroxylation sites is 1. The van der Waals surface area contributed by atoms with E-state index in [2.05, 4.69) is 16.4 Å². The minimum Gasteiger partial charge on any atom is -0.368 e. The predicted octanol–water partition coefficient (Wildman–Crippen LogP) is 1.81. The van der Waals surface area contributed by atoms with Crippen LogP contribution in [0.5, 0.6) is 0 Å². The number of anilines is 1. The molecule has 1 aliphatic heterocycles. The standard InChI is InChI=1S/C14H18N2O/c1-2-7-15-8-10-16(11-9-15)14-6-4-3-5-13(14)12-17/h2-6,12H,1,7-11H2. The molecule has 1 aliphatic rings. The third-order valence-electron chi connectivity index (χ3n) is 3.16. The Bertz CT molecular complexity index is 395. The Morgan fingerprint density at radius 3 is 2.53 bits per heavy atom. The van der Waals surface area contributed by atoms with Crippen molar-refractivity contribution in [3.05, 3.63) is 42.5 Å². The van der Waals surface area contributed by atoms with E-state index in [9.17, 15) is 4.79 Å². The number of carbonyl (C=O) groups is 1. The van der Waals surface area contributed by atoms with Gasteiger partial charge in [0.25, 0.3) is 0 Å². The summed E-state index contributed by atoms with van der Waals surface area (Å²) in [7, 11) is 0. The Hall–Kier alpha value is -1.61. The van der Waals surface area contributed by atoms with Gasteiger partial charge in [0.1, 0.15) is 0 Å². The van der Waals surface area contributed by atoms with Crippen LogP contribution in [-0.2, 0) is 0 Å². The van der Waals surface area contributed by atoms with Gasteiger partial charge >= 0.3 is 0 Å². The van der Waals surface area contributed by atoms with Crippen molar-refractivity contribution in [1.29, 1.82) is 0 Å². The Kier molecular flexibility index (Phi) is 3.94. The quantitative estimate of drug-likeness (QED) is 0.582. The zero-order valence-electron chi connectivity index (χ0n) is 10.0. The summed E-state index contributed by atoms with van der Waals surface area (Å²) in [6.07, 6.45) is 2.88. The largest absolute Gasteiger partial charge is 0.368 e. The average Bonchev–Trinajstić information content (AvgIpc) is 2.40. The molecule has 17 heavy (non-hydrogen) atoms. The summed E-state index contributed by atoms with van der Waals surface area (Å²) < 4.78 is 0. The van der Waals surface area contributed by atoms with Gasteiger partial charge in [0.2, 0.25) is 0 Å². The maximum atomic E-state index is 11.0. The zero-order valence-corrected chi connectivity index (χ0v) is 10.0. The van der Waals surface area contributed by atoms with Crippen LogP contribution in [0, 0.1) is 0 Å². The van der Waals surface area contributed by atoms with E-state index < -0.39 is 0 Å². The molecule has 0 radical (unpaired) electrons. The van der Waals surface area contributed by atoms with Gasteiger partial charge in [-0.3, -0.25) is 9.69 Å². The summed E-state index contributed by atoms with van der Waals surface area (Å²) >= 11 is 0. The van der Waals surface area contributed by atoms with E-state index in [0.717, 1.165) is 50.3 Å². The van der Waals surface area contributed by atoms with E-state index in [1.165, 1.54) is 0 Å². The first kappa shape index (κ1) is 11.9. The van der Waals surface area contributed by atoms with Crippen LogP contribution in [0.15, 0.2) is 36.9 Å². The Morgan fingerprint density at radius 2 is 1.88 bits per heavy atom. The molecule has 90 valence electrons. The molecule has 0 amide bonds. The van der Waals surface area contributed by atoms with Crippen LogP contribution in [0.3, 0.4) is 0 Å². The monoisotopic (exact) mass is 230 g/mol. The Balaban J connectivity index is 2.05. The van der Waals surface area contributed by atoms with Gasteiger partial charge in [-0.2, -0.15) is 0 Å². The summed E-state index contributed by atoms with van der Waals surface area (Å²) in [5.74, 6) is 0. The van der Waals surface area contributed by atoms with E-state index >= 15 is 0 Å². The van der Waals surface area contributed by atoms with Crippen LogP contribution in [0.4, 0.5) is 5.69 Å². The normalized spacial score (nSPS) is 16.8. The minimum atomic E-state index is 0.782. The first-order valence-corrected chi connectivity index (χ1v) is 5.97. The molecule has 1 saturated heterocycles. The van der Waals surface area contributed by atoms with E-state index in [1.54, 1.807) is 0 Å². The molecule has 1 aromatic rings. The van der Waals surface area contributed by atoms with E-state index in [1.807, 2.05) is 30.3 Å². The van der Waals surface area contributed by atoms with Crippen molar-refractivity contribution in [1.82, 2.24) is 4.90 Å². The molecule has 2 rings (SSSR count). The van der Waals surface area contributed by atoms with Gasteiger partial charge in [0, 0.05) is 44.0 Å². The molecule has 0 unspecified atom stereocenters. The van der Waals surface area contributed by atoms with Gasteiger partial charge in [0.05, 0.1) is 0 Å². The lowest BCUT2D eigenvalue weighted by molar-refractivity contribution is 0.112. The smallest absolute Gasteiger partial charge is 0.152 e. The topological polar surface area (TPSA) is 23.6 Å². The fourth-order valence-corrected chi connectivity index (χ4v) is 2.23. The molecular weight excluding hydrogens is 212 g/mol. The van der Waals surface area contributed by atoms with Gasteiger partial charge in [-0.05, 0) is 12.1 Å². The second-order valence-corrected chi connectivity index (χ2v) is 4.25.